The van der Waals surface area contributed by atoms with Crippen LogP contribution in [0.4, 0.5) is 0 Å². The Bertz CT molecular complexity index is 804. The Kier molecular flexibility index (Phi) is 5.21. The van der Waals surface area contributed by atoms with Crippen molar-refractivity contribution in [2.45, 2.75) is 32.6 Å². The van der Waals surface area contributed by atoms with Crippen molar-refractivity contribution in [1.29, 1.82) is 0 Å². The number of hydrogen-bond donors (Lipinski definition) is 0. The summed E-state index contributed by atoms with van der Waals surface area (Å²) in [4.78, 5) is 6.96. The molecule has 1 aliphatic carbocycles. The molecule has 136 valence electrons. The van der Waals surface area contributed by atoms with Gasteiger partial charge in [-0.25, -0.2) is 0 Å². The summed E-state index contributed by atoms with van der Waals surface area (Å²) in [5.74, 6) is 1.71. The molecule has 0 aliphatic heterocycles. The molecular weight excluding hydrogens is 324 g/mol. The van der Waals surface area contributed by atoms with Gasteiger partial charge < -0.3 is 14.1 Å². The number of benzene rings is 2. The zero-order valence-electron chi connectivity index (χ0n) is 15.4. The first kappa shape index (κ1) is 17.1. The van der Waals surface area contributed by atoms with Gasteiger partial charge in [-0.3, -0.25) is 0 Å². The van der Waals surface area contributed by atoms with Crippen LogP contribution in [0.1, 0.15) is 31.7 Å². The Morgan fingerprint density at radius 3 is 2.62 bits per heavy atom. The highest BCUT2D eigenvalue weighted by Gasteiger charge is 2.23. The minimum absolute atomic E-state index is 0.289. The third kappa shape index (κ3) is 4.44. The van der Waals surface area contributed by atoms with Crippen LogP contribution in [0.15, 0.2) is 52.9 Å². The van der Waals surface area contributed by atoms with Crippen LogP contribution in [-0.2, 0) is 6.42 Å². The molecule has 0 bridgehead atoms. The van der Waals surface area contributed by atoms with Crippen molar-refractivity contribution >= 4 is 11.1 Å². The van der Waals surface area contributed by atoms with Gasteiger partial charge in [0.1, 0.15) is 11.3 Å². The van der Waals surface area contributed by atoms with Crippen LogP contribution in [0.5, 0.6) is 11.8 Å². The maximum Gasteiger partial charge on any atom is 0.400 e. The van der Waals surface area contributed by atoms with Crippen LogP contribution in [0, 0.1) is 5.92 Å². The van der Waals surface area contributed by atoms with E-state index in [9.17, 15) is 0 Å². The van der Waals surface area contributed by atoms with Gasteiger partial charge in [0.25, 0.3) is 0 Å². The number of hydrogen-bond acceptors (Lipinski definition) is 4. The van der Waals surface area contributed by atoms with Gasteiger partial charge in [-0.05, 0) is 68.0 Å². The first-order valence-corrected chi connectivity index (χ1v) is 9.65. The van der Waals surface area contributed by atoms with E-state index in [1.807, 2.05) is 36.4 Å². The fourth-order valence-corrected chi connectivity index (χ4v) is 3.28. The fourth-order valence-electron chi connectivity index (χ4n) is 3.28. The molecule has 1 fully saturated rings. The van der Waals surface area contributed by atoms with E-state index in [0.717, 1.165) is 35.7 Å². The smallest absolute Gasteiger partial charge is 0.400 e. The van der Waals surface area contributed by atoms with E-state index < -0.39 is 0 Å². The van der Waals surface area contributed by atoms with Gasteiger partial charge in [0.05, 0.1) is 0 Å². The lowest BCUT2D eigenvalue weighted by molar-refractivity contribution is 0.266. The number of oxazole rings is 1. The molecule has 4 rings (SSSR count). The second-order valence-corrected chi connectivity index (χ2v) is 7.19. The molecule has 26 heavy (non-hydrogen) atoms. The lowest BCUT2D eigenvalue weighted by Gasteiger charge is -2.21. The van der Waals surface area contributed by atoms with E-state index in [1.54, 1.807) is 0 Å². The summed E-state index contributed by atoms with van der Waals surface area (Å²) < 4.78 is 11.4. The number of aromatic nitrogens is 1. The summed E-state index contributed by atoms with van der Waals surface area (Å²) in [7, 11) is 0. The molecule has 0 radical (unpaired) electrons. The number of fused-ring (bicyclic) bond motifs is 1. The highest BCUT2D eigenvalue weighted by molar-refractivity contribution is 5.72. The first-order chi connectivity index (χ1) is 12.8. The molecule has 4 heteroatoms. The van der Waals surface area contributed by atoms with Crippen molar-refractivity contribution in [3.05, 3.63) is 54.1 Å². The average molecular weight is 350 g/mol. The normalized spacial score (nSPS) is 14.2. The van der Waals surface area contributed by atoms with E-state index in [1.165, 1.54) is 37.9 Å². The van der Waals surface area contributed by atoms with Crippen molar-refractivity contribution in [3.8, 4) is 11.8 Å². The third-order valence-electron chi connectivity index (χ3n) is 4.87. The maximum atomic E-state index is 5.76. The first-order valence-electron chi connectivity index (χ1n) is 9.65. The lowest BCUT2D eigenvalue weighted by atomic mass is 10.1. The molecule has 2 aromatic carbocycles. The molecular formula is C22H26N2O2. The predicted octanol–water partition coefficient (Wildman–Crippen LogP) is 5.28. The molecule has 0 saturated heterocycles. The average Bonchev–Trinajstić information content (AvgIpc) is 3.38. The predicted molar refractivity (Wildman–Crippen MR) is 104 cm³/mol. The molecule has 0 N–H and O–H groups in total. The van der Waals surface area contributed by atoms with Crippen LogP contribution in [0.2, 0.25) is 0 Å². The quantitative estimate of drug-likeness (QED) is 0.526. The zero-order chi connectivity index (χ0) is 17.8. The minimum Gasteiger partial charge on any atom is -0.411 e. The van der Waals surface area contributed by atoms with Crippen LogP contribution in [0.3, 0.4) is 0 Å². The molecule has 0 unspecified atom stereocenters. The third-order valence-corrected chi connectivity index (χ3v) is 4.87. The van der Waals surface area contributed by atoms with Crippen LogP contribution < -0.4 is 4.74 Å². The highest BCUT2D eigenvalue weighted by Crippen LogP contribution is 2.30. The largest absolute Gasteiger partial charge is 0.411 e. The summed E-state index contributed by atoms with van der Waals surface area (Å²) >= 11 is 0. The van der Waals surface area contributed by atoms with Crippen molar-refractivity contribution in [2.75, 3.05) is 19.6 Å². The highest BCUT2D eigenvalue weighted by atomic mass is 16.6. The van der Waals surface area contributed by atoms with Crippen molar-refractivity contribution < 1.29 is 9.15 Å². The van der Waals surface area contributed by atoms with Crippen molar-refractivity contribution in [3.63, 3.8) is 0 Å². The molecule has 0 atom stereocenters. The lowest BCUT2D eigenvalue weighted by Crippen LogP contribution is -2.29. The standard InChI is InChI=1S/C22H26N2O2/c1-2-14-24(16-18-7-8-18)15-13-17-9-11-19(12-10-17)25-22-23-20-5-3-4-6-21(20)26-22/h3-6,9-12,18H,2,7-8,13-16H2,1H3. The summed E-state index contributed by atoms with van der Waals surface area (Å²) in [6.45, 7) is 5.87. The minimum atomic E-state index is 0.289. The summed E-state index contributed by atoms with van der Waals surface area (Å²) in [5.41, 5.74) is 2.89. The number of rotatable bonds is 9. The SMILES string of the molecule is CCCN(CCc1ccc(Oc2nc3ccccc3o2)cc1)CC1CC1. The Labute approximate surface area is 154 Å². The maximum absolute atomic E-state index is 5.76. The molecule has 1 aromatic heterocycles. The Balaban J connectivity index is 1.33. The number of para-hydroxylation sites is 2. The van der Waals surface area contributed by atoms with Gasteiger partial charge in [0, 0.05) is 13.1 Å². The van der Waals surface area contributed by atoms with E-state index in [4.69, 9.17) is 9.15 Å². The topological polar surface area (TPSA) is 38.5 Å². The van der Waals surface area contributed by atoms with E-state index in [2.05, 4.69) is 28.9 Å². The Morgan fingerprint density at radius 1 is 1.08 bits per heavy atom. The number of ether oxygens (including phenoxy) is 1. The van der Waals surface area contributed by atoms with Crippen LogP contribution >= 0.6 is 0 Å². The molecule has 0 amide bonds. The molecule has 1 aliphatic rings. The molecule has 1 heterocycles. The fraction of sp³-hybridized carbons (Fsp3) is 0.409. The van der Waals surface area contributed by atoms with Gasteiger partial charge in [-0.1, -0.05) is 31.2 Å². The second kappa shape index (κ2) is 7.92. The zero-order valence-corrected chi connectivity index (χ0v) is 15.4. The van der Waals surface area contributed by atoms with Crippen molar-refractivity contribution in [1.82, 2.24) is 9.88 Å². The molecule has 4 nitrogen and oxygen atoms in total. The van der Waals surface area contributed by atoms with Gasteiger partial charge >= 0.3 is 6.08 Å². The van der Waals surface area contributed by atoms with Crippen molar-refractivity contribution in [2.24, 2.45) is 5.92 Å². The summed E-state index contributed by atoms with van der Waals surface area (Å²) in [6, 6.07) is 15.9. The van der Waals surface area contributed by atoms with Gasteiger partial charge in [0.15, 0.2) is 5.58 Å². The monoisotopic (exact) mass is 350 g/mol. The van der Waals surface area contributed by atoms with Gasteiger partial charge in [-0.15, -0.1) is 0 Å². The van der Waals surface area contributed by atoms with Gasteiger partial charge in [0.2, 0.25) is 0 Å². The van der Waals surface area contributed by atoms with E-state index >= 15 is 0 Å². The summed E-state index contributed by atoms with van der Waals surface area (Å²) in [6.07, 6.45) is 5.43. The summed E-state index contributed by atoms with van der Waals surface area (Å²) in [5, 5.41) is 0. The molecule has 0 spiro atoms. The van der Waals surface area contributed by atoms with Gasteiger partial charge in [-0.2, -0.15) is 4.98 Å². The Hall–Kier alpha value is -2.33. The van der Waals surface area contributed by atoms with Crippen LogP contribution in [0.25, 0.3) is 11.1 Å². The second-order valence-electron chi connectivity index (χ2n) is 7.19. The molecule has 1 saturated carbocycles. The molecule has 3 aromatic rings. The van der Waals surface area contributed by atoms with E-state index in [0.29, 0.717) is 0 Å². The Morgan fingerprint density at radius 2 is 1.88 bits per heavy atom. The van der Waals surface area contributed by atoms with E-state index in [-0.39, 0.29) is 6.08 Å². The van der Waals surface area contributed by atoms with Crippen LogP contribution in [-0.4, -0.2) is 29.5 Å². The number of nitrogens with zero attached hydrogens (tertiary/aromatic N) is 2.